The number of aromatic nitrogens is 3. The van der Waals surface area contributed by atoms with Crippen molar-refractivity contribution in [2.45, 2.75) is 0 Å². The molecule has 9 rings (SSSR count). The number of hydrogen-bond acceptors (Lipinski definition) is 6. The zero-order chi connectivity index (χ0) is 32.6. The van der Waals surface area contributed by atoms with Crippen molar-refractivity contribution in [2.75, 3.05) is 89.4 Å². The molecular formula is C40H43N7O2. The molecule has 5 heterocycles. The summed E-state index contributed by atoms with van der Waals surface area (Å²) < 4.78 is 11.0. The van der Waals surface area contributed by atoms with Gasteiger partial charge in [-0.2, -0.15) is 0 Å². The van der Waals surface area contributed by atoms with E-state index in [1.54, 1.807) is 0 Å². The highest BCUT2D eigenvalue weighted by Crippen LogP contribution is 2.35. The van der Waals surface area contributed by atoms with E-state index in [-0.39, 0.29) is 0 Å². The van der Waals surface area contributed by atoms with E-state index in [1.807, 2.05) is 0 Å². The Morgan fingerprint density at radius 2 is 0.878 bits per heavy atom. The van der Waals surface area contributed by atoms with Crippen LogP contribution in [-0.4, -0.2) is 104 Å². The Morgan fingerprint density at radius 3 is 1.33 bits per heavy atom. The van der Waals surface area contributed by atoms with Crippen LogP contribution in [0.3, 0.4) is 0 Å². The van der Waals surface area contributed by atoms with Gasteiger partial charge in [0.2, 0.25) is 0 Å². The molecule has 0 saturated carbocycles. The minimum Gasteiger partial charge on any atom is -0.379 e. The molecule has 49 heavy (non-hydrogen) atoms. The summed E-state index contributed by atoms with van der Waals surface area (Å²) in [4.78, 5) is 15.6. The molecule has 250 valence electrons. The molecule has 9 heteroatoms. The number of morpholine rings is 2. The Bertz CT molecular complexity index is 2080. The second kappa shape index (κ2) is 13.2. The zero-order valence-corrected chi connectivity index (χ0v) is 27.8. The second-order valence-electron chi connectivity index (χ2n) is 13.4. The Labute approximate surface area is 285 Å². The first-order chi connectivity index (χ1) is 24.2. The van der Waals surface area contributed by atoms with Crippen molar-refractivity contribution in [3.8, 4) is 22.3 Å². The van der Waals surface area contributed by atoms with Gasteiger partial charge in [0.15, 0.2) is 0 Å². The molecule has 2 fully saturated rings. The second-order valence-corrected chi connectivity index (χ2v) is 13.4. The molecule has 0 radical (unpaired) electrons. The molecule has 9 nitrogen and oxygen atoms in total. The number of ether oxygens (including phenoxy) is 2. The van der Waals surface area contributed by atoms with E-state index >= 15 is 0 Å². The van der Waals surface area contributed by atoms with Gasteiger partial charge < -0.3 is 35.1 Å². The van der Waals surface area contributed by atoms with Gasteiger partial charge in [-0.1, -0.05) is 24.3 Å². The summed E-state index contributed by atoms with van der Waals surface area (Å²) in [5, 5.41) is 12.1. The van der Waals surface area contributed by atoms with Crippen LogP contribution in [0, 0.1) is 0 Å². The molecule has 3 aromatic heterocycles. The molecule has 0 unspecified atom stereocenters. The van der Waals surface area contributed by atoms with Crippen LogP contribution in [0.5, 0.6) is 0 Å². The minimum absolute atomic E-state index is 0.834. The molecule has 0 bridgehead atoms. The first kappa shape index (κ1) is 30.3. The summed E-state index contributed by atoms with van der Waals surface area (Å²) in [5.41, 5.74) is 9.45. The number of anilines is 2. The van der Waals surface area contributed by atoms with Crippen molar-refractivity contribution in [3.63, 3.8) is 0 Å². The lowest BCUT2D eigenvalue weighted by Gasteiger charge is -2.26. The zero-order valence-electron chi connectivity index (χ0n) is 27.8. The number of nitrogens with one attached hydrogen (secondary N) is 5. The van der Waals surface area contributed by atoms with E-state index in [9.17, 15) is 0 Å². The van der Waals surface area contributed by atoms with Gasteiger partial charge >= 0.3 is 0 Å². The molecule has 0 aliphatic carbocycles. The maximum Gasteiger partial charge on any atom is 0.104 e. The lowest BCUT2D eigenvalue weighted by Crippen LogP contribution is -2.39. The Morgan fingerprint density at radius 1 is 0.469 bits per heavy atom. The third kappa shape index (κ3) is 6.38. The molecule has 0 amide bonds. The Balaban J connectivity index is 0.934. The maximum atomic E-state index is 5.48. The van der Waals surface area contributed by atoms with E-state index in [0.29, 0.717) is 0 Å². The molecular weight excluding hydrogens is 610 g/mol. The van der Waals surface area contributed by atoms with Gasteiger partial charge in [-0.3, -0.25) is 9.80 Å². The standard InChI is InChI=1S/C40H43N7O2/c1-5-35-31(25-39(44-35)41-9-11-46-13-17-48-18-14-46)21-27(1)29-3-7-37-33(23-29)34-24-30(4-8-38(34)43-37)28-2-6-36-32(22-28)26-40(45-36)42-10-12-47-15-19-49-20-16-47/h1-8,21-26,41-45H,9-20H2. The van der Waals surface area contributed by atoms with E-state index in [4.69, 9.17) is 9.47 Å². The summed E-state index contributed by atoms with van der Waals surface area (Å²) in [6.45, 7) is 11.2. The van der Waals surface area contributed by atoms with E-state index in [1.165, 1.54) is 43.8 Å². The van der Waals surface area contributed by atoms with Gasteiger partial charge in [0.25, 0.3) is 0 Å². The molecule has 2 aliphatic heterocycles. The fraction of sp³-hybridized carbons (Fsp3) is 0.300. The van der Waals surface area contributed by atoms with Gasteiger partial charge in [-0.25, -0.2) is 0 Å². The quantitative estimate of drug-likeness (QED) is 0.108. The number of hydrogen-bond donors (Lipinski definition) is 5. The molecule has 5 N–H and O–H groups in total. The molecule has 0 atom stereocenters. The average Bonchev–Trinajstić information content (AvgIpc) is 3.85. The number of benzene rings is 4. The normalized spacial score (nSPS) is 16.3. The Kier molecular flexibility index (Phi) is 8.19. The lowest BCUT2D eigenvalue weighted by molar-refractivity contribution is 0.0398. The van der Waals surface area contributed by atoms with E-state index < -0.39 is 0 Å². The van der Waals surface area contributed by atoms with Crippen molar-refractivity contribution in [1.82, 2.24) is 24.8 Å². The predicted molar refractivity (Wildman–Crippen MR) is 202 cm³/mol. The van der Waals surface area contributed by atoms with Gasteiger partial charge in [-0.15, -0.1) is 0 Å². The topological polar surface area (TPSA) is 96.4 Å². The largest absolute Gasteiger partial charge is 0.379 e. The maximum absolute atomic E-state index is 5.48. The summed E-state index contributed by atoms with van der Waals surface area (Å²) >= 11 is 0. The molecule has 0 spiro atoms. The van der Waals surface area contributed by atoms with Crippen LogP contribution in [0.1, 0.15) is 0 Å². The number of nitrogens with zero attached hydrogens (tertiary/aromatic N) is 2. The van der Waals surface area contributed by atoms with Crippen molar-refractivity contribution >= 4 is 55.2 Å². The molecule has 4 aromatic carbocycles. The summed E-state index contributed by atoms with van der Waals surface area (Å²) in [7, 11) is 0. The van der Waals surface area contributed by atoms with Crippen molar-refractivity contribution in [3.05, 3.63) is 84.9 Å². The van der Waals surface area contributed by atoms with Crippen molar-refractivity contribution in [1.29, 1.82) is 0 Å². The van der Waals surface area contributed by atoms with Crippen molar-refractivity contribution in [2.24, 2.45) is 0 Å². The summed E-state index contributed by atoms with van der Waals surface area (Å²) in [6.07, 6.45) is 0. The van der Waals surface area contributed by atoms with Crippen LogP contribution < -0.4 is 10.6 Å². The van der Waals surface area contributed by atoms with Crippen LogP contribution in [0.2, 0.25) is 0 Å². The Hall–Kier alpha value is -4.80. The average molecular weight is 654 g/mol. The van der Waals surface area contributed by atoms with Gasteiger partial charge in [0.05, 0.1) is 26.4 Å². The van der Waals surface area contributed by atoms with Gasteiger partial charge in [0, 0.05) is 96.0 Å². The molecule has 2 saturated heterocycles. The minimum atomic E-state index is 0.834. The number of rotatable bonds is 10. The summed E-state index contributed by atoms with van der Waals surface area (Å²) in [6, 6.07) is 31.4. The monoisotopic (exact) mass is 653 g/mol. The third-order valence-corrected chi connectivity index (χ3v) is 10.2. The first-order valence-corrected chi connectivity index (χ1v) is 17.6. The van der Waals surface area contributed by atoms with E-state index in [2.05, 4.69) is 120 Å². The molecule has 2 aliphatic rings. The predicted octanol–water partition coefficient (Wildman–Crippen LogP) is 7.11. The highest BCUT2D eigenvalue weighted by atomic mass is 16.5. The third-order valence-electron chi connectivity index (χ3n) is 10.2. The highest BCUT2D eigenvalue weighted by Gasteiger charge is 2.13. The van der Waals surface area contributed by atoms with Crippen LogP contribution in [-0.2, 0) is 9.47 Å². The number of H-pyrrole nitrogens is 3. The first-order valence-electron chi connectivity index (χ1n) is 17.6. The van der Waals surface area contributed by atoms with Crippen LogP contribution in [0.25, 0.3) is 65.9 Å². The van der Waals surface area contributed by atoms with Crippen LogP contribution >= 0.6 is 0 Å². The van der Waals surface area contributed by atoms with Crippen molar-refractivity contribution < 1.29 is 9.47 Å². The van der Waals surface area contributed by atoms with Gasteiger partial charge in [-0.05, 0) is 82.9 Å². The number of aromatic amines is 3. The van der Waals surface area contributed by atoms with Gasteiger partial charge in [0.1, 0.15) is 11.6 Å². The molecule has 7 aromatic rings. The highest BCUT2D eigenvalue weighted by molar-refractivity contribution is 6.10. The SMILES string of the molecule is c1cc2[nH]c(NCCN3CCOCC3)cc2cc1-c1ccc2[nH]c3ccc(-c4ccc5[nH]c(NCCN6CCOCC6)cc5c4)cc3c2c1. The smallest absolute Gasteiger partial charge is 0.104 e. The summed E-state index contributed by atoms with van der Waals surface area (Å²) in [5.74, 6) is 2.13. The van der Waals surface area contributed by atoms with Crippen LogP contribution in [0.15, 0.2) is 84.9 Å². The fourth-order valence-electron chi connectivity index (χ4n) is 7.42. The fourth-order valence-corrected chi connectivity index (χ4v) is 7.42. The number of fused-ring (bicyclic) bond motifs is 5. The lowest BCUT2D eigenvalue weighted by atomic mass is 9.99. The van der Waals surface area contributed by atoms with Crippen LogP contribution in [0.4, 0.5) is 11.6 Å². The van der Waals surface area contributed by atoms with E-state index in [0.717, 1.165) is 112 Å².